The maximum atomic E-state index is 4.21. The highest BCUT2D eigenvalue weighted by Gasteiger charge is 1.98. The van der Waals surface area contributed by atoms with Crippen LogP contribution in [0.5, 0.6) is 0 Å². The molecule has 2 heterocycles. The minimum Gasteiger partial charge on any atom is -0.373 e. The van der Waals surface area contributed by atoms with Crippen molar-refractivity contribution in [3.8, 4) is 11.8 Å². The van der Waals surface area contributed by atoms with Gasteiger partial charge < -0.3 is 5.32 Å². The fraction of sp³-hybridized carbons (Fsp3) is 0.0625. The third kappa shape index (κ3) is 2.43. The quantitative estimate of drug-likeness (QED) is 0.683. The van der Waals surface area contributed by atoms with E-state index in [2.05, 4.69) is 32.1 Å². The lowest BCUT2D eigenvalue weighted by Gasteiger charge is -1.99. The number of aromatic nitrogens is 3. The molecule has 0 saturated heterocycles. The van der Waals surface area contributed by atoms with E-state index < -0.39 is 0 Å². The summed E-state index contributed by atoms with van der Waals surface area (Å²) in [5, 5.41) is 5.14. The summed E-state index contributed by atoms with van der Waals surface area (Å²) in [5.74, 6) is 6.92. The van der Waals surface area contributed by atoms with Crippen LogP contribution in [0, 0.1) is 11.8 Å². The molecule has 0 unspecified atom stereocenters. The van der Waals surface area contributed by atoms with Crippen LogP contribution in [0.4, 0.5) is 5.82 Å². The standard InChI is InChI=1S/C16H12N4/c1-17-16-8-14(19-11-20-16)7-6-13-10-18-9-12-4-2-3-5-15(12)13/h2-5,8-11H,1H3,(H,17,19,20). The van der Waals surface area contributed by atoms with Crippen LogP contribution in [-0.4, -0.2) is 22.0 Å². The summed E-state index contributed by atoms with van der Waals surface area (Å²) in [7, 11) is 1.81. The minimum atomic E-state index is 0.678. The molecule has 4 nitrogen and oxygen atoms in total. The summed E-state index contributed by atoms with van der Waals surface area (Å²) in [6.07, 6.45) is 5.11. The maximum Gasteiger partial charge on any atom is 0.130 e. The molecule has 1 aromatic carbocycles. The monoisotopic (exact) mass is 260 g/mol. The zero-order valence-electron chi connectivity index (χ0n) is 11.0. The van der Waals surface area contributed by atoms with Crippen LogP contribution in [0.2, 0.25) is 0 Å². The zero-order valence-corrected chi connectivity index (χ0v) is 11.0. The second-order valence-electron chi connectivity index (χ2n) is 4.20. The summed E-state index contributed by atoms with van der Waals surface area (Å²) < 4.78 is 0. The second-order valence-corrected chi connectivity index (χ2v) is 4.20. The van der Waals surface area contributed by atoms with Crippen molar-refractivity contribution in [2.45, 2.75) is 0 Å². The molecular formula is C16H12N4. The van der Waals surface area contributed by atoms with Crippen molar-refractivity contribution in [2.24, 2.45) is 0 Å². The van der Waals surface area contributed by atoms with Gasteiger partial charge in [-0.1, -0.05) is 30.2 Å². The van der Waals surface area contributed by atoms with Crippen molar-refractivity contribution in [3.63, 3.8) is 0 Å². The lowest BCUT2D eigenvalue weighted by Crippen LogP contribution is -1.94. The molecule has 20 heavy (non-hydrogen) atoms. The Morgan fingerprint density at radius 1 is 1.05 bits per heavy atom. The van der Waals surface area contributed by atoms with Gasteiger partial charge in [-0.15, -0.1) is 0 Å². The lowest BCUT2D eigenvalue weighted by molar-refractivity contribution is 1.14. The number of fused-ring (bicyclic) bond motifs is 1. The van der Waals surface area contributed by atoms with Gasteiger partial charge in [0, 0.05) is 36.3 Å². The summed E-state index contributed by atoms with van der Waals surface area (Å²) >= 11 is 0. The van der Waals surface area contributed by atoms with Crippen molar-refractivity contribution in [2.75, 3.05) is 12.4 Å². The Morgan fingerprint density at radius 2 is 1.95 bits per heavy atom. The van der Waals surface area contributed by atoms with Crippen molar-refractivity contribution < 1.29 is 0 Å². The molecule has 4 heteroatoms. The van der Waals surface area contributed by atoms with Crippen molar-refractivity contribution >= 4 is 16.6 Å². The van der Waals surface area contributed by atoms with Crippen molar-refractivity contribution in [3.05, 3.63) is 60.3 Å². The van der Waals surface area contributed by atoms with E-state index >= 15 is 0 Å². The third-order valence-corrected chi connectivity index (χ3v) is 2.92. The van der Waals surface area contributed by atoms with Crippen LogP contribution in [0.15, 0.2) is 49.1 Å². The van der Waals surface area contributed by atoms with Gasteiger partial charge >= 0.3 is 0 Å². The van der Waals surface area contributed by atoms with E-state index in [1.807, 2.05) is 43.6 Å². The summed E-state index contributed by atoms with van der Waals surface area (Å²) in [6, 6.07) is 9.87. The van der Waals surface area contributed by atoms with Crippen molar-refractivity contribution in [1.82, 2.24) is 15.0 Å². The Bertz CT molecular complexity index is 810. The van der Waals surface area contributed by atoms with Crippen LogP contribution in [-0.2, 0) is 0 Å². The Balaban J connectivity index is 2.03. The van der Waals surface area contributed by atoms with Gasteiger partial charge in [0.1, 0.15) is 17.8 Å². The van der Waals surface area contributed by atoms with Gasteiger partial charge in [-0.05, 0) is 5.92 Å². The number of hydrogen-bond donors (Lipinski definition) is 1. The molecule has 3 aromatic rings. The van der Waals surface area contributed by atoms with E-state index in [1.165, 1.54) is 6.33 Å². The van der Waals surface area contributed by atoms with Gasteiger partial charge in [0.2, 0.25) is 0 Å². The second kappa shape index (κ2) is 5.37. The molecule has 0 aliphatic carbocycles. The average Bonchev–Trinajstić information content (AvgIpc) is 2.53. The highest BCUT2D eigenvalue weighted by Crippen LogP contribution is 2.16. The molecule has 0 radical (unpaired) electrons. The third-order valence-electron chi connectivity index (χ3n) is 2.92. The van der Waals surface area contributed by atoms with Gasteiger partial charge in [-0.25, -0.2) is 9.97 Å². The van der Waals surface area contributed by atoms with Gasteiger partial charge in [-0.2, -0.15) is 0 Å². The molecule has 0 atom stereocenters. The molecule has 0 bridgehead atoms. The number of pyridine rings is 1. The Hall–Kier alpha value is -2.93. The van der Waals surface area contributed by atoms with Crippen LogP contribution in [0.1, 0.15) is 11.3 Å². The van der Waals surface area contributed by atoms with E-state index in [0.29, 0.717) is 5.69 Å². The molecule has 0 amide bonds. The topological polar surface area (TPSA) is 50.7 Å². The first-order valence-electron chi connectivity index (χ1n) is 6.21. The molecule has 2 aromatic heterocycles. The van der Waals surface area contributed by atoms with E-state index in [1.54, 1.807) is 6.20 Å². The van der Waals surface area contributed by atoms with E-state index in [0.717, 1.165) is 22.2 Å². The number of benzene rings is 1. The maximum absolute atomic E-state index is 4.21. The van der Waals surface area contributed by atoms with Crippen LogP contribution >= 0.6 is 0 Å². The fourth-order valence-corrected chi connectivity index (χ4v) is 1.91. The Labute approximate surface area is 116 Å². The van der Waals surface area contributed by atoms with Gasteiger partial charge in [0.05, 0.1) is 5.56 Å². The van der Waals surface area contributed by atoms with E-state index in [-0.39, 0.29) is 0 Å². The minimum absolute atomic E-state index is 0.678. The van der Waals surface area contributed by atoms with Crippen molar-refractivity contribution in [1.29, 1.82) is 0 Å². The van der Waals surface area contributed by atoms with Crippen LogP contribution in [0.3, 0.4) is 0 Å². The van der Waals surface area contributed by atoms with Crippen LogP contribution < -0.4 is 5.32 Å². The van der Waals surface area contributed by atoms with E-state index in [9.17, 15) is 0 Å². The molecule has 0 fully saturated rings. The molecule has 0 aliphatic heterocycles. The molecule has 0 spiro atoms. The number of hydrogen-bond acceptors (Lipinski definition) is 4. The molecule has 0 saturated carbocycles. The largest absolute Gasteiger partial charge is 0.373 e. The highest BCUT2D eigenvalue weighted by atomic mass is 15.0. The summed E-state index contributed by atoms with van der Waals surface area (Å²) in [4.78, 5) is 12.4. The molecule has 0 aliphatic rings. The SMILES string of the molecule is CNc1cc(C#Cc2cncc3ccccc23)ncn1. The summed E-state index contributed by atoms with van der Waals surface area (Å²) in [6.45, 7) is 0. The summed E-state index contributed by atoms with van der Waals surface area (Å²) in [5.41, 5.74) is 1.57. The Morgan fingerprint density at radius 3 is 2.85 bits per heavy atom. The molecule has 96 valence electrons. The van der Waals surface area contributed by atoms with Gasteiger partial charge in [0.15, 0.2) is 0 Å². The molecule has 3 rings (SSSR count). The first-order valence-corrected chi connectivity index (χ1v) is 6.21. The van der Waals surface area contributed by atoms with Gasteiger partial charge in [0.25, 0.3) is 0 Å². The normalized spacial score (nSPS) is 9.85. The number of nitrogens with one attached hydrogen (secondary N) is 1. The van der Waals surface area contributed by atoms with Crippen LogP contribution in [0.25, 0.3) is 10.8 Å². The average molecular weight is 260 g/mol. The number of nitrogens with zero attached hydrogens (tertiary/aromatic N) is 3. The highest BCUT2D eigenvalue weighted by molar-refractivity contribution is 5.87. The molecular weight excluding hydrogens is 248 g/mol. The first-order chi connectivity index (χ1) is 9.86. The Kier molecular flexibility index (Phi) is 3.25. The lowest BCUT2D eigenvalue weighted by atomic mass is 10.1. The number of rotatable bonds is 1. The molecule has 1 N–H and O–H groups in total. The van der Waals surface area contributed by atoms with Gasteiger partial charge in [-0.3, -0.25) is 4.98 Å². The fourth-order valence-electron chi connectivity index (χ4n) is 1.91. The number of anilines is 1. The van der Waals surface area contributed by atoms with E-state index in [4.69, 9.17) is 0 Å². The zero-order chi connectivity index (χ0) is 13.8. The smallest absolute Gasteiger partial charge is 0.130 e. The predicted molar refractivity (Wildman–Crippen MR) is 79.3 cm³/mol. The predicted octanol–water partition coefficient (Wildman–Crippen LogP) is 2.47. The first kappa shape index (κ1) is 12.1.